The molecule has 8 nitrogen and oxygen atoms in total. The monoisotopic (exact) mass is 484 g/mol. The second kappa shape index (κ2) is 10.4. The van der Waals surface area contributed by atoms with Gasteiger partial charge < -0.3 is 9.88 Å². The summed E-state index contributed by atoms with van der Waals surface area (Å²) in [5.41, 5.74) is 0.567. The third-order valence-electron chi connectivity index (χ3n) is 6.37. The summed E-state index contributed by atoms with van der Waals surface area (Å²) in [7, 11) is 0. The Morgan fingerprint density at radius 2 is 1.79 bits per heavy atom. The quantitative estimate of drug-likeness (QED) is 0.166. The normalized spacial score (nSPS) is 15.0. The van der Waals surface area contributed by atoms with E-state index in [1.165, 1.54) is 34.9 Å². The van der Waals surface area contributed by atoms with Crippen LogP contribution in [0.1, 0.15) is 36.0 Å². The number of Topliss-reactive ketones (excluding diaryl/α,β-unsaturated/α-hetero) is 1. The molecule has 10 heteroatoms. The van der Waals surface area contributed by atoms with Crippen LogP contribution in [0.3, 0.4) is 0 Å². The summed E-state index contributed by atoms with van der Waals surface area (Å²) in [6.07, 6.45) is 3.18. The van der Waals surface area contributed by atoms with Crippen molar-refractivity contribution in [2.24, 2.45) is 5.92 Å². The van der Waals surface area contributed by atoms with E-state index < -0.39 is 4.92 Å². The molecule has 1 saturated heterocycles. The van der Waals surface area contributed by atoms with Gasteiger partial charge in [-0.15, -0.1) is 0 Å². The first-order valence-corrected chi connectivity index (χ1v) is 11.7. The number of H-pyrrole nitrogens is 1. The second-order valence-corrected chi connectivity index (χ2v) is 8.95. The van der Waals surface area contributed by atoms with Gasteiger partial charge in [-0.3, -0.25) is 24.3 Å². The van der Waals surface area contributed by atoms with Crippen molar-refractivity contribution in [2.45, 2.75) is 32.2 Å². The van der Waals surface area contributed by atoms with Crippen LogP contribution in [0.5, 0.6) is 0 Å². The van der Waals surface area contributed by atoms with Gasteiger partial charge in [-0.25, -0.2) is 4.39 Å². The Labute approximate surface area is 200 Å². The van der Waals surface area contributed by atoms with Gasteiger partial charge in [0.15, 0.2) is 10.6 Å². The number of non-ortho nitro benzene ring substituents is 1. The fourth-order valence-corrected chi connectivity index (χ4v) is 4.72. The number of carbonyl (C=O) groups is 1. The third-order valence-corrected chi connectivity index (χ3v) is 6.69. The Morgan fingerprint density at radius 3 is 2.47 bits per heavy atom. The molecule has 1 aliphatic heterocycles. The number of nitro benzene ring substituents is 1. The summed E-state index contributed by atoms with van der Waals surface area (Å²) in [6, 6.07) is 9.82. The molecule has 1 aliphatic rings. The number of nitro groups is 1. The highest BCUT2D eigenvalue weighted by atomic mass is 32.1. The smallest absolute Gasteiger partial charge is 0.271 e. The Hall–Kier alpha value is -3.24. The summed E-state index contributed by atoms with van der Waals surface area (Å²) in [5.74, 6) is -0.302. The van der Waals surface area contributed by atoms with Crippen LogP contribution in [0, 0.1) is 26.6 Å². The third kappa shape index (κ3) is 5.28. The van der Waals surface area contributed by atoms with Crippen molar-refractivity contribution >= 4 is 34.6 Å². The predicted octanol–water partition coefficient (Wildman–Crippen LogP) is 4.48. The zero-order chi connectivity index (χ0) is 24.2. The second-order valence-electron chi connectivity index (χ2n) is 8.57. The fourth-order valence-electron chi connectivity index (χ4n) is 4.43. The number of aromatic amines is 1. The molecule has 2 heterocycles. The van der Waals surface area contributed by atoms with E-state index in [9.17, 15) is 24.1 Å². The summed E-state index contributed by atoms with van der Waals surface area (Å²) >= 11 is 5.31. The van der Waals surface area contributed by atoms with Crippen molar-refractivity contribution in [3.63, 3.8) is 0 Å². The number of carbonyl (C=O) groups excluding carboxylic acids is 1. The minimum Gasteiger partial charge on any atom is -0.331 e. The molecule has 178 valence electrons. The Kier molecular flexibility index (Phi) is 7.28. The molecule has 3 aromatic rings. The number of benzene rings is 2. The lowest BCUT2D eigenvalue weighted by Gasteiger charge is -2.31. The van der Waals surface area contributed by atoms with Crippen molar-refractivity contribution in [3.05, 3.63) is 79.1 Å². The van der Waals surface area contributed by atoms with E-state index in [4.69, 9.17) is 12.2 Å². The Bertz CT molecular complexity index is 1330. The lowest BCUT2D eigenvalue weighted by Crippen LogP contribution is -2.37. The van der Waals surface area contributed by atoms with E-state index >= 15 is 0 Å². The molecule has 0 amide bonds. The highest BCUT2D eigenvalue weighted by Gasteiger charge is 2.25. The van der Waals surface area contributed by atoms with Crippen molar-refractivity contribution < 1.29 is 14.1 Å². The average molecular weight is 485 g/mol. The molecular formula is C24H25FN4O4S. The molecule has 34 heavy (non-hydrogen) atoms. The van der Waals surface area contributed by atoms with Crippen LogP contribution in [0.25, 0.3) is 10.9 Å². The molecule has 0 bridgehead atoms. The van der Waals surface area contributed by atoms with Crippen molar-refractivity contribution in [1.29, 1.82) is 0 Å². The lowest BCUT2D eigenvalue weighted by molar-refractivity contribution is -0.384. The topological polar surface area (TPSA) is 101 Å². The molecule has 0 unspecified atom stereocenters. The number of rotatable bonds is 8. The van der Waals surface area contributed by atoms with E-state index in [-0.39, 0.29) is 33.5 Å². The van der Waals surface area contributed by atoms with E-state index in [1.807, 2.05) is 0 Å². The van der Waals surface area contributed by atoms with E-state index in [2.05, 4.69) is 9.88 Å². The van der Waals surface area contributed by atoms with E-state index in [0.717, 1.165) is 45.3 Å². The van der Waals surface area contributed by atoms with Gasteiger partial charge in [-0.1, -0.05) is 0 Å². The summed E-state index contributed by atoms with van der Waals surface area (Å²) in [4.78, 5) is 41.1. The maximum Gasteiger partial charge on any atom is 0.271 e. The number of likely N-dealkylation sites (tertiary alicyclic amines) is 1. The summed E-state index contributed by atoms with van der Waals surface area (Å²) < 4.78 is 14.8. The Balaban J connectivity index is 1.28. The first-order valence-electron chi connectivity index (χ1n) is 11.3. The van der Waals surface area contributed by atoms with Crippen LogP contribution in [-0.4, -0.2) is 44.8 Å². The molecular weight excluding hydrogens is 459 g/mol. The number of hydrogen-bond donors (Lipinski definition) is 1. The van der Waals surface area contributed by atoms with Gasteiger partial charge in [0.2, 0.25) is 0 Å². The zero-order valence-electron chi connectivity index (χ0n) is 18.5. The van der Waals surface area contributed by atoms with Crippen molar-refractivity contribution in [1.82, 2.24) is 14.5 Å². The molecule has 1 fully saturated rings. The van der Waals surface area contributed by atoms with Gasteiger partial charge in [0.1, 0.15) is 5.82 Å². The standard InChI is InChI=1S/C24H25FN4O4S/c25-18-5-3-16(4-6-18)22(30)17-9-13-27(14-10-17)11-1-2-12-28-23(31)20-8-7-19(29(32)33)15-21(20)26-24(28)34/h3-8,15,17H,1-2,9-14H2,(H,26,34). The number of piperidine rings is 1. The molecule has 2 aromatic carbocycles. The first kappa shape index (κ1) is 23.9. The average Bonchev–Trinajstić information content (AvgIpc) is 2.83. The zero-order valence-corrected chi connectivity index (χ0v) is 19.4. The van der Waals surface area contributed by atoms with Gasteiger partial charge in [0.25, 0.3) is 11.2 Å². The number of ketones is 1. The molecule has 0 spiro atoms. The molecule has 0 atom stereocenters. The summed E-state index contributed by atoms with van der Waals surface area (Å²) in [5, 5.41) is 11.3. The van der Waals surface area contributed by atoms with Crippen LogP contribution in [0.4, 0.5) is 10.1 Å². The SMILES string of the molecule is O=C(c1ccc(F)cc1)C1CCN(CCCCn2c(=S)[nH]c3cc([N+](=O)[O-])ccc3c2=O)CC1. The van der Waals surface area contributed by atoms with Crippen LogP contribution in [-0.2, 0) is 6.54 Å². The van der Waals surface area contributed by atoms with Crippen molar-refractivity contribution in [3.8, 4) is 0 Å². The van der Waals surface area contributed by atoms with E-state index in [0.29, 0.717) is 23.0 Å². The number of aromatic nitrogens is 2. The largest absolute Gasteiger partial charge is 0.331 e. The number of nitrogens with zero attached hydrogens (tertiary/aromatic N) is 3. The molecule has 0 saturated carbocycles. The summed E-state index contributed by atoms with van der Waals surface area (Å²) in [6.45, 7) is 2.97. The van der Waals surface area contributed by atoms with Gasteiger partial charge >= 0.3 is 0 Å². The number of fused-ring (bicyclic) bond motifs is 1. The number of halogens is 1. The van der Waals surface area contributed by atoms with E-state index in [1.54, 1.807) is 12.1 Å². The van der Waals surface area contributed by atoms with Crippen molar-refractivity contribution in [2.75, 3.05) is 19.6 Å². The Morgan fingerprint density at radius 1 is 1.12 bits per heavy atom. The highest BCUT2D eigenvalue weighted by Crippen LogP contribution is 2.22. The van der Waals surface area contributed by atoms with Crippen LogP contribution < -0.4 is 5.56 Å². The minimum atomic E-state index is -0.511. The molecule has 1 N–H and O–H groups in total. The first-order chi connectivity index (χ1) is 16.3. The van der Waals surface area contributed by atoms with Gasteiger partial charge in [0, 0.05) is 30.2 Å². The van der Waals surface area contributed by atoms with Gasteiger partial charge in [-0.05, 0) is 87.9 Å². The minimum absolute atomic E-state index is 0.0352. The number of unbranched alkanes of at least 4 members (excludes halogenated alkanes) is 1. The van der Waals surface area contributed by atoms with Gasteiger partial charge in [0.05, 0.1) is 15.8 Å². The molecule has 4 rings (SSSR count). The predicted molar refractivity (Wildman–Crippen MR) is 129 cm³/mol. The highest BCUT2D eigenvalue weighted by molar-refractivity contribution is 7.71. The number of hydrogen-bond acceptors (Lipinski definition) is 6. The molecule has 0 aliphatic carbocycles. The molecule has 1 aromatic heterocycles. The van der Waals surface area contributed by atoms with Crippen LogP contribution in [0.2, 0.25) is 0 Å². The fraction of sp³-hybridized carbons (Fsp3) is 0.375. The maximum absolute atomic E-state index is 13.1. The molecule has 0 radical (unpaired) electrons. The van der Waals surface area contributed by atoms with Crippen LogP contribution in [0.15, 0.2) is 47.3 Å². The van der Waals surface area contributed by atoms with Crippen LogP contribution >= 0.6 is 12.2 Å². The maximum atomic E-state index is 13.1. The lowest BCUT2D eigenvalue weighted by atomic mass is 9.89. The number of nitrogens with one attached hydrogen (secondary N) is 1. The van der Waals surface area contributed by atoms with Gasteiger partial charge in [-0.2, -0.15) is 0 Å².